The molecule has 1 atom stereocenters. The molecule has 0 aromatic rings. The summed E-state index contributed by atoms with van der Waals surface area (Å²) in [5, 5.41) is 0. The van der Waals surface area contributed by atoms with Crippen LogP contribution in [0.5, 0.6) is 0 Å². The van der Waals surface area contributed by atoms with E-state index in [0.717, 1.165) is 19.5 Å². The Labute approximate surface area is 83.8 Å². The largest absolute Gasteiger partial charge is 0.297 e. The minimum absolute atomic E-state index is 0.569. The van der Waals surface area contributed by atoms with Crippen LogP contribution in [0.15, 0.2) is 12.2 Å². The number of hydrogen-bond donors (Lipinski definition) is 0. The van der Waals surface area contributed by atoms with Gasteiger partial charge in [0.05, 0.1) is 0 Å². The van der Waals surface area contributed by atoms with Crippen LogP contribution >= 0.6 is 0 Å². The van der Waals surface area contributed by atoms with Crippen LogP contribution in [0.2, 0.25) is 0 Å². The van der Waals surface area contributed by atoms with E-state index in [2.05, 4.69) is 46.1 Å². The van der Waals surface area contributed by atoms with Gasteiger partial charge in [0.1, 0.15) is 0 Å². The predicted molar refractivity (Wildman–Crippen MR) is 61.0 cm³/mol. The molecule has 0 aromatic heterocycles. The van der Waals surface area contributed by atoms with Gasteiger partial charge in [0, 0.05) is 6.04 Å². The summed E-state index contributed by atoms with van der Waals surface area (Å²) >= 11 is 0. The highest BCUT2D eigenvalue weighted by atomic mass is 15.1. The van der Waals surface area contributed by atoms with Crippen LogP contribution < -0.4 is 0 Å². The maximum Gasteiger partial charge on any atom is 0.0327 e. The van der Waals surface area contributed by atoms with Gasteiger partial charge >= 0.3 is 0 Å². The van der Waals surface area contributed by atoms with Gasteiger partial charge in [-0.05, 0) is 25.4 Å². The van der Waals surface area contributed by atoms with Gasteiger partial charge in [0.25, 0.3) is 0 Å². The molecule has 0 saturated carbocycles. The van der Waals surface area contributed by atoms with Gasteiger partial charge in [-0.1, -0.05) is 46.8 Å². The van der Waals surface area contributed by atoms with Crippen LogP contribution in [0, 0.1) is 5.92 Å². The van der Waals surface area contributed by atoms with E-state index >= 15 is 0 Å². The van der Waals surface area contributed by atoms with Crippen molar-refractivity contribution in [3.05, 3.63) is 12.2 Å². The van der Waals surface area contributed by atoms with Crippen molar-refractivity contribution in [2.75, 3.05) is 13.1 Å². The fourth-order valence-corrected chi connectivity index (χ4v) is 1.98. The second kappa shape index (κ2) is 6.20. The normalized spacial score (nSPS) is 13.8. The zero-order chi connectivity index (χ0) is 10.4. The summed E-state index contributed by atoms with van der Waals surface area (Å²) < 4.78 is 0. The Morgan fingerprint density at radius 2 is 1.62 bits per heavy atom. The Morgan fingerprint density at radius 3 is 1.85 bits per heavy atom. The maximum atomic E-state index is 4.17. The Morgan fingerprint density at radius 1 is 1.15 bits per heavy atom. The molecular formula is C12H25N. The molecule has 0 aliphatic carbocycles. The molecule has 0 spiro atoms. The van der Waals surface area contributed by atoms with Crippen molar-refractivity contribution in [1.82, 2.24) is 4.90 Å². The Hall–Kier alpha value is -0.300. The third kappa shape index (κ3) is 3.51. The summed E-state index contributed by atoms with van der Waals surface area (Å²) in [7, 11) is 0. The van der Waals surface area contributed by atoms with E-state index in [1.807, 2.05) is 0 Å². The highest BCUT2D eigenvalue weighted by Gasteiger charge is 2.20. The Bertz CT molecular complexity index is 145. The summed E-state index contributed by atoms with van der Waals surface area (Å²) in [6.07, 6.45) is 1.10. The van der Waals surface area contributed by atoms with Crippen LogP contribution in [0.25, 0.3) is 0 Å². The molecule has 0 rings (SSSR count). The first-order chi connectivity index (χ1) is 6.08. The lowest BCUT2D eigenvalue weighted by Crippen LogP contribution is -2.39. The molecule has 0 saturated heterocycles. The second-order valence-electron chi connectivity index (χ2n) is 3.92. The molecule has 1 nitrogen and oxygen atoms in total. The lowest BCUT2D eigenvalue weighted by atomic mass is 9.93. The van der Waals surface area contributed by atoms with Crippen LogP contribution in [-0.2, 0) is 0 Å². The van der Waals surface area contributed by atoms with Crippen molar-refractivity contribution >= 4 is 0 Å². The van der Waals surface area contributed by atoms with Gasteiger partial charge < -0.3 is 0 Å². The van der Waals surface area contributed by atoms with E-state index in [1.165, 1.54) is 5.57 Å². The monoisotopic (exact) mass is 183 g/mol. The average molecular weight is 183 g/mol. The first-order valence-corrected chi connectivity index (χ1v) is 5.50. The van der Waals surface area contributed by atoms with E-state index < -0.39 is 0 Å². The molecule has 0 amide bonds. The minimum atomic E-state index is 0.569. The third-order valence-electron chi connectivity index (χ3n) is 2.71. The number of hydrogen-bond acceptors (Lipinski definition) is 1. The fourth-order valence-electron chi connectivity index (χ4n) is 1.98. The molecule has 0 radical (unpaired) electrons. The summed E-state index contributed by atoms with van der Waals surface area (Å²) in [5.41, 5.74) is 1.37. The standard InChI is InChI=1S/C12H25N/c1-7-11(6)12(10(4)5)13(8-2)9-3/h10,12H,6-9H2,1-5H3/t12-/m1/s1. The molecule has 13 heavy (non-hydrogen) atoms. The van der Waals surface area contributed by atoms with Gasteiger partial charge in [0.15, 0.2) is 0 Å². The molecule has 1 heteroatoms. The molecule has 78 valence electrons. The SMILES string of the molecule is C=C(CC)[C@@H](C(C)C)N(CC)CC. The lowest BCUT2D eigenvalue weighted by Gasteiger charge is -2.34. The van der Waals surface area contributed by atoms with E-state index in [-0.39, 0.29) is 0 Å². The molecule has 0 heterocycles. The molecule has 0 bridgehead atoms. The molecule has 0 aliphatic rings. The molecule has 0 aliphatic heterocycles. The van der Waals surface area contributed by atoms with Crippen molar-refractivity contribution in [2.24, 2.45) is 5.92 Å². The predicted octanol–water partition coefficient (Wildman–Crippen LogP) is 3.32. The van der Waals surface area contributed by atoms with Gasteiger partial charge in [-0.2, -0.15) is 0 Å². The van der Waals surface area contributed by atoms with Crippen molar-refractivity contribution in [3.63, 3.8) is 0 Å². The van der Waals surface area contributed by atoms with Gasteiger partial charge in [0.2, 0.25) is 0 Å². The van der Waals surface area contributed by atoms with Crippen molar-refractivity contribution < 1.29 is 0 Å². The van der Waals surface area contributed by atoms with E-state index in [4.69, 9.17) is 0 Å². The van der Waals surface area contributed by atoms with Gasteiger partial charge in [-0.25, -0.2) is 0 Å². The first kappa shape index (κ1) is 12.7. The number of likely N-dealkylation sites (N-methyl/N-ethyl adjacent to an activating group) is 1. The first-order valence-electron chi connectivity index (χ1n) is 5.50. The van der Waals surface area contributed by atoms with Crippen LogP contribution in [-0.4, -0.2) is 24.0 Å². The summed E-state index contributed by atoms with van der Waals surface area (Å²) in [6, 6.07) is 0.569. The highest BCUT2D eigenvalue weighted by molar-refractivity contribution is 5.06. The number of rotatable bonds is 6. The van der Waals surface area contributed by atoms with E-state index in [1.54, 1.807) is 0 Å². The lowest BCUT2D eigenvalue weighted by molar-refractivity contribution is 0.197. The molecular weight excluding hydrogens is 158 g/mol. The van der Waals surface area contributed by atoms with Crippen LogP contribution in [0.4, 0.5) is 0 Å². The van der Waals surface area contributed by atoms with Crippen LogP contribution in [0.1, 0.15) is 41.0 Å². The van der Waals surface area contributed by atoms with Crippen molar-refractivity contribution in [3.8, 4) is 0 Å². The molecule has 0 aromatic carbocycles. The Kier molecular flexibility index (Phi) is 6.06. The highest BCUT2D eigenvalue weighted by Crippen LogP contribution is 2.19. The third-order valence-corrected chi connectivity index (χ3v) is 2.71. The number of nitrogens with zero attached hydrogens (tertiary/aromatic N) is 1. The van der Waals surface area contributed by atoms with E-state index in [9.17, 15) is 0 Å². The molecule has 0 fully saturated rings. The zero-order valence-corrected chi connectivity index (χ0v) is 9.93. The van der Waals surface area contributed by atoms with Gasteiger partial charge in [-0.3, -0.25) is 4.90 Å². The molecule has 0 N–H and O–H groups in total. The Balaban J connectivity index is 4.47. The quantitative estimate of drug-likeness (QED) is 0.571. The smallest absolute Gasteiger partial charge is 0.0327 e. The fraction of sp³-hybridized carbons (Fsp3) is 0.833. The molecule has 0 unspecified atom stereocenters. The van der Waals surface area contributed by atoms with E-state index in [0.29, 0.717) is 12.0 Å². The minimum Gasteiger partial charge on any atom is -0.297 e. The average Bonchev–Trinajstić information content (AvgIpc) is 2.12. The summed E-state index contributed by atoms with van der Waals surface area (Å²) in [6.45, 7) is 17.6. The summed E-state index contributed by atoms with van der Waals surface area (Å²) in [5.74, 6) is 0.673. The van der Waals surface area contributed by atoms with Crippen molar-refractivity contribution in [2.45, 2.75) is 47.1 Å². The zero-order valence-electron chi connectivity index (χ0n) is 9.93. The van der Waals surface area contributed by atoms with Crippen LogP contribution in [0.3, 0.4) is 0 Å². The topological polar surface area (TPSA) is 3.24 Å². The maximum absolute atomic E-state index is 4.17. The van der Waals surface area contributed by atoms with Gasteiger partial charge in [-0.15, -0.1) is 0 Å². The van der Waals surface area contributed by atoms with Crippen molar-refractivity contribution in [1.29, 1.82) is 0 Å². The summed E-state index contributed by atoms with van der Waals surface area (Å²) in [4.78, 5) is 2.50. The second-order valence-corrected chi connectivity index (χ2v) is 3.92.